The maximum atomic E-state index is 10.6. The number of likely N-dealkylation sites (tertiary alicyclic amines) is 1. The summed E-state index contributed by atoms with van der Waals surface area (Å²) in [5, 5.41) is 12.4. The van der Waals surface area contributed by atoms with Crippen LogP contribution in [0.1, 0.15) is 26.7 Å². The first-order valence-electron chi connectivity index (χ1n) is 5.37. The second-order valence-corrected chi connectivity index (χ2v) is 4.87. The van der Waals surface area contributed by atoms with Gasteiger partial charge in [-0.15, -0.1) is 0 Å². The van der Waals surface area contributed by atoms with Crippen LogP contribution in [-0.2, 0) is 0 Å². The SMILES string of the molecule is CC(C)(O)CN1CCC(NC(N)=O)CC1. The number of nitrogens with one attached hydrogen (secondary N) is 1. The number of urea groups is 1. The highest BCUT2D eigenvalue weighted by molar-refractivity contribution is 5.71. The maximum Gasteiger partial charge on any atom is 0.312 e. The lowest BCUT2D eigenvalue weighted by Crippen LogP contribution is -2.49. The van der Waals surface area contributed by atoms with Gasteiger partial charge < -0.3 is 21.1 Å². The van der Waals surface area contributed by atoms with Crippen molar-refractivity contribution in [2.45, 2.75) is 38.3 Å². The fraction of sp³-hybridized carbons (Fsp3) is 0.900. The molecule has 1 fully saturated rings. The average Bonchev–Trinajstić information content (AvgIpc) is 2.05. The fourth-order valence-electron chi connectivity index (χ4n) is 1.98. The number of nitrogens with two attached hydrogens (primary N) is 1. The van der Waals surface area contributed by atoms with E-state index in [2.05, 4.69) is 10.2 Å². The van der Waals surface area contributed by atoms with Crippen LogP contribution in [0.25, 0.3) is 0 Å². The Hall–Kier alpha value is -0.810. The summed E-state index contributed by atoms with van der Waals surface area (Å²) in [4.78, 5) is 12.8. The van der Waals surface area contributed by atoms with Crippen LogP contribution in [0.3, 0.4) is 0 Å². The van der Waals surface area contributed by atoms with E-state index < -0.39 is 11.6 Å². The maximum absolute atomic E-state index is 10.6. The van der Waals surface area contributed by atoms with Gasteiger partial charge in [-0.05, 0) is 26.7 Å². The van der Waals surface area contributed by atoms with E-state index in [1.54, 1.807) is 13.8 Å². The molecule has 0 spiro atoms. The van der Waals surface area contributed by atoms with Crippen molar-refractivity contribution < 1.29 is 9.90 Å². The summed E-state index contributed by atoms with van der Waals surface area (Å²) in [6.07, 6.45) is 1.80. The number of hydrogen-bond donors (Lipinski definition) is 3. The molecule has 2 amide bonds. The molecule has 1 aliphatic rings. The van der Waals surface area contributed by atoms with Crippen LogP contribution in [-0.4, -0.2) is 47.3 Å². The Labute approximate surface area is 90.6 Å². The number of amides is 2. The van der Waals surface area contributed by atoms with E-state index in [4.69, 9.17) is 5.73 Å². The Morgan fingerprint density at radius 2 is 2.07 bits per heavy atom. The van der Waals surface area contributed by atoms with Crippen LogP contribution in [0.4, 0.5) is 4.79 Å². The lowest BCUT2D eigenvalue weighted by Gasteiger charge is -2.35. The molecule has 0 atom stereocenters. The number of β-amino-alcohol motifs (C(OH)–C–C–N with tert-alkyl or cyclic N) is 1. The summed E-state index contributed by atoms with van der Waals surface area (Å²) < 4.78 is 0. The van der Waals surface area contributed by atoms with Gasteiger partial charge in [-0.1, -0.05) is 0 Å². The van der Waals surface area contributed by atoms with E-state index in [0.29, 0.717) is 6.54 Å². The van der Waals surface area contributed by atoms with Crippen molar-refractivity contribution in [1.82, 2.24) is 10.2 Å². The summed E-state index contributed by atoms with van der Waals surface area (Å²) in [7, 11) is 0. The minimum atomic E-state index is -0.649. The normalized spacial score (nSPS) is 20.2. The number of rotatable bonds is 3. The molecule has 0 aromatic heterocycles. The third kappa shape index (κ3) is 4.99. The third-order valence-electron chi connectivity index (χ3n) is 2.54. The quantitative estimate of drug-likeness (QED) is 0.614. The Bertz CT molecular complexity index is 217. The van der Waals surface area contributed by atoms with Gasteiger partial charge in [0.2, 0.25) is 0 Å². The summed E-state index contributed by atoms with van der Waals surface area (Å²) in [5.74, 6) is 0. The molecule has 0 bridgehead atoms. The van der Waals surface area contributed by atoms with Gasteiger partial charge in [-0.25, -0.2) is 4.79 Å². The molecule has 4 N–H and O–H groups in total. The van der Waals surface area contributed by atoms with Gasteiger partial charge >= 0.3 is 6.03 Å². The summed E-state index contributed by atoms with van der Waals surface area (Å²) in [6.45, 7) is 6.08. The Kier molecular flexibility index (Phi) is 3.93. The highest BCUT2D eigenvalue weighted by Crippen LogP contribution is 2.13. The predicted octanol–water partition coefficient (Wildman–Crippen LogP) is -0.110. The standard InChI is InChI=1S/C10H21N3O2/c1-10(2,15)7-13-5-3-8(4-6-13)12-9(11)14/h8,15H,3-7H2,1-2H3,(H3,11,12,14). The zero-order valence-corrected chi connectivity index (χ0v) is 9.49. The number of nitrogens with zero attached hydrogens (tertiary/aromatic N) is 1. The number of hydrogen-bond acceptors (Lipinski definition) is 3. The first kappa shape index (κ1) is 12.3. The van der Waals surface area contributed by atoms with Gasteiger partial charge in [-0.3, -0.25) is 0 Å². The zero-order chi connectivity index (χ0) is 11.5. The largest absolute Gasteiger partial charge is 0.389 e. The smallest absolute Gasteiger partial charge is 0.312 e. The molecular formula is C10H21N3O2. The molecule has 0 saturated carbocycles. The van der Waals surface area contributed by atoms with Crippen molar-refractivity contribution >= 4 is 6.03 Å². The van der Waals surface area contributed by atoms with Crippen molar-refractivity contribution in [3.05, 3.63) is 0 Å². The number of primary amides is 1. The molecule has 0 radical (unpaired) electrons. The lowest BCUT2D eigenvalue weighted by atomic mass is 10.0. The van der Waals surface area contributed by atoms with Crippen molar-refractivity contribution in [2.75, 3.05) is 19.6 Å². The van der Waals surface area contributed by atoms with Crippen molar-refractivity contribution in [3.63, 3.8) is 0 Å². The van der Waals surface area contributed by atoms with Crippen molar-refractivity contribution in [3.8, 4) is 0 Å². The summed E-state index contributed by atoms with van der Waals surface area (Å²) in [5.41, 5.74) is 4.41. The van der Waals surface area contributed by atoms with Crippen LogP contribution in [0.2, 0.25) is 0 Å². The van der Waals surface area contributed by atoms with Crippen molar-refractivity contribution in [2.24, 2.45) is 5.73 Å². The van der Waals surface area contributed by atoms with Gasteiger partial charge in [0.25, 0.3) is 0 Å². The fourth-order valence-corrected chi connectivity index (χ4v) is 1.98. The van der Waals surface area contributed by atoms with Gasteiger partial charge in [0, 0.05) is 25.7 Å². The van der Waals surface area contributed by atoms with E-state index in [1.807, 2.05) is 0 Å². The zero-order valence-electron chi connectivity index (χ0n) is 9.49. The van der Waals surface area contributed by atoms with Gasteiger partial charge in [0.15, 0.2) is 0 Å². The minimum Gasteiger partial charge on any atom is -0.389 e. The van der Waals surface area contributed by atoms with Crippen LogP contribution in [0.5, 0.6) is 0 Å². The second kappa shape index (κ2) is 4.81. The number of carbonyl (C=O) groups excluding carboxylic acids is 1. The molecule has 5 heteroatoms. The molecule has 1 saturated heterocycles. The third-order valence-corrected chi connectivity index (χ3v) is 2.54. The molecule has 0 aromatic rings. The predicted molar refractivity (Wildman–Crippen MR) is 58.5 cm³/mol. The topological polar surface area (TPSA) is 78.6 Å². The molecule has 0 unspecified atom stereocenters. The van der Waals surface area contributed by atoms with Crippen LogP contribution in [0.15, 0.2) is 0 Å². The number of carbonyl (C=O) groups is 1. The number of piperidine rings is 1. The molecule has 0 aliphatic carbocycles. The molecule has 1 aliphatic heterocycles. The summed E-state index contributed by atoms with van der Waals surface area (Å²) >= 11 is 0. The van der Waals surface area contributed by atoms with Gasteiger partial charge in [0.1, 0.15) is 0 Å². The highest BCUT2D eigenvalue weighted by atomic mass is 16.3. The van der Waals surface area contributed by atoms with Gasteiger partial charge in [-0.2, -0.15) is 0 Å². The molecule has 0 aromatic carbocycles. The number of aliphatic hydroxyl groups is 1. The molecule has 1 heterocycles. The Balaban J connectivity index is 2.27. The molecule has 88 valence electrons. The van der Waals surface area contributed by atoms with E-state index >= 15 is 0 Å². The minimum absolute atomic E-state index is 0.195. The van der Waals surface area contributed by atoms with E-state index in [9.17, 15) is 9.90 Å². The first-order valence-corrected chi connectivity index (χ1v) is 5.37. The van der Waals surface area contributed by atoms with E-state index in [0.717, 1.165) is 25.9 Å². The average molecular weight is 215 g/mol. The van der Waals surface area contributed by atoms with Crippen molar-refractivity contribution in [1.29, 1.82) is 0 Å². The van der Waals surface area contributed by atoms with Crippen LogP contribution >= 0.6 is 0 Å². The van der Waals surface area contributed by atoms with E-state index in [-0.39, 0.29) is 6.04 Å². The molecular weight excluding hydrogens is 194 g/mol. The highest BCUT2D eigenvalue weighted by Gasteiger charge is 2.24. The second-order valence-electron chi connectivity index (χ2n) is 4.87. The molecule has 15 heavy (non-hydrogen) atoms. The Morgan fingerprint density at radius 3 is 2.47 bits per heavy atom. The molecule has 5 nitrogen and oxygen atoms in total. The Morgan fingerprint density at radius 1 is 1.53 bits per heavy atom. The van der Waals surface area contributed by atoms with Gasteiger partial charge in [0.05, 0.1) is 5.60 Å². The van der Waals surface area contributed by atoms with Crippen LogP contribution in [0, 0.1) is 0 Å². The van der Waals surface area contributed by atoms with E-state index in [1.165, 1.54) is 0 Å². The lowest BCUT2D eigenvalue weighted by molar-refractivity contribution is 0.0274. The molecule has 1 rings (SSSR count). The first-order chi connectivity index (χ1) is 6.87. The van der Waals surface area contributed by atoms with Crippen LogP contribution < -0.4 is 11.1 Å². The summed E-state index contributed by atoms with van der Waals surface area (Å²) in [6, 6.07) is -0.253. The monoisotopic (exact) mass is 215 g/mol.